The van der Waals surface area contributed by atoms with Crippen molar-refractivity contribution >= 4 is 5.97 Å². The summed E-state index contributed by atoms with van der Waals surface area (Å²) in [6.07, 6.45) is -0.535. The van der Waals surface area contributed by atoms with Crippen molar-refractivity contribution in [3.05, 3.63) is 0 Å². The van der Waals surface area contributed by atoms with E-state index in [0.717, 1.165) is 0 Å². The highest BCUT2D eigenvalue weighted by molar-refractivity contribution is 5.74. The molecule has 1 unspecified atom stereocenters. The third-order valence-electron chi connectivity index (χ3n) is 1.91. The minimum atomic E-state index is -0.535. The topological polar surface area (TPSA) is 62.6 Å². The number of hydrogen-bond donors (Lipinski definition) is 0. The summed E-state index contributed by atoms with van der Waals surface area (Å²) in [5.41, 5.74) is 0. The molecular weight excluding hydrogens is 172 g/mol. The Kier molecular flexibility index (Phi) is 3.68. The van der Waals surface area contributed by atoms with Crippen LogP contribution in [0.4, 0.5) is 0 Å². The lowest BCUT2D eigenvalue weighted by molar-refractivity contribution is -0.159. The van der Waals surface area contributed by atoms with Gasteiger partial charge in [0, 0.05) is 13.1 Å². The van der Waals surface area contributed by atoms with E-state index in [1.165, 1.54) is 7.11 Å². The first kappa shape index (κ1) is 9.96. The molecule has 0 amide bonds. The molecule has 0 aliphatic carbocycles. The molecule has 0 spiro atoms. The van der Waals surface area contributed by atoms with Crippen molar-refractivity contribution in [3.63, 3.8) is 0 Å². The van der Waals surface area contributed by atoms with Crippen LogP contribution in [0, 0.1) is 11.3 Å². The number of nitrogens with zero attached hydrogens (tertiary/aromatic N) is 2. The molecule has 0 bridgehead atoms. The van der Waals surface area contributed by atoms with Gasteiger partial charge in [0.1, 0.15) is 0 Å². The smallest absolute Gasteiger partial charge is 0.336 e. The monoisotopic (exact) mass is 184 g/mol. The van der Waals surface area contributed by atoms with Gasteiger partial charge in [-0.05, 0) is 0 Å². The summed E-state index contributed by atoms with van der Waals surface area (Å²) < 4.78 is 9.72. The average molecular weight is 184 g/mol. The molecule has 13 heavy (non-hydrogen) atoms. The molecule has 5 nitrogen and oxygen atoms in total. The normalized spacial score (nSPS) is 23.5. The van der Waals surface area contributed by atoms with Gasteiger partial charge >= 0.3 is 5.97 Å². The van der Waals surface area contributed by atoms with Gasteiger partial charge in [0.05, 0.1) is 26.3 Å². The Hall–Kier alpha value is -1.12. The molecule has 1 rings (SSSR count). The van der Waals surface area contributed by atoms with Crippen molar-refractivity contribution in [2.24, 2.45) is 0 Å². The van der Waals surface area contributed by atoms with E-state index in [0.29, 0.717) is 26.2 Å². The number of rotatable bonds is 2. The van der Waals surface area contributed by atoms with Gasteiger partial charge in [-0.3, -0.25) is 4.90 Å². The molecule has 5 heteroatoms. The summed E-state index contributed by atoms with van der Waals surface area (Å²) in [6, 6.07) is 2.03. The van der Waals surface area contributed by atoms with E-state index in [-0.39, 0.29) is 5.97 Å². The van der Waals surface area contributed by atoms with Crippen LogP contribution < -0.4 is 0 Å². The number of ether oxygens (including phenoxy) is 2. The molecule has 0 aromatic heterocycles. The fourth-order valence-corrected chi connectivity index (χ4v) is 1.22. The number of hydrogen-bond acceptors (Lipinski definition) is 5. The Morgan fingerprint density at radius 3 is 3.23 bits per heavy atom. The van der Waals surface area contributed by atoms with Gasteiger partial charge in [-0.15, -0.1) is 0 Å². The maximum absolute atomic E-state index is 11.1. The van der Waals surface area contributed by atoms with Crippen molar-refractivity contribution in [1.29, 1.82) is 5.26 Å². The molecule has 1 fully saturated rings. The second-order valence-corrected chi connectivity index (χ2v) is 2.78. The molecule has 0 aromatic carbocycles. The zero-order valence-electron chi connectivity index (χ0n) is 7.52. The Morgan fingerprint density at radius 1 is 1.85 bits per heavy atom. The minimum absolute atomic E-state index is 0.330. The predicted octanol–water partition coefficient (Wildman–Crippen LogP) is -0.616. The highest BCUT2D eigenvalue weighted by atomic mass is 16.6. The predicted molar refractivity (Wildman–Crippen MR) is 43.8 cm³/mol. The third-order valence-corrected chi connectivity index (χ3v) is 1.91. The first-order valence-corrected chi connectivity index (χ1v) is 4.06. The van der Waals surface area contributed by atoms with Crippen LogP contribution in [0.15, 0.2) is 0 Å². The lowest BCUT2D eigenvalue weighted by atomic mass is 10.3. The SMILES string of the molecule is COC(=O)C1CN(CC#N)CCO1. The number of carbonyl (C=O) groups excluding carboxylic acids is 1. The molecule has 0 saturated carbocycles. The van der Waals surface area contributed by atoms with Gasteiger partial charge in [0.15, 0.2) is 6.10 Å². The van der Waals surface area contributed by atoms with Crippen molar-refractivity contribution < 1.29 is 14.3 Å². The molecule has 1 atom stereocenters. The molecular formula is C8H12N2O3. The minimum Gasteiger partial charge on any atom is -0.467 e. The molecule has 0 N–H and O–H groups in total. The lowest BCUT2D eigenvalue weighted by Gasteiger charge is -2.29. The first-order chi connectivity index (χ1) is 6.27. The fraction of sp³-hybridized carbons (Fsp3) is 0.750. The number of esters is 1. The van der Waals surface area contributed by atoms with Crippen LogP contribution in [0.1, 0.15) is 0 Å². The molecule has 1 aliphatic rings. The lowest BCUT2D eigenvalue weighted by Crippen LogP contribution is -2.46. The Balaban J connectivity index is 2.42. The van der Waals surface area contributed by atoms with E-state index >= 15 is 0 Å². The van der Waals surface area contributed by atoms with Gasteiger partial charge in [-0.2, -0.15) is 5.26 Å². The zero-order chi connectivity index (χ0) is 9.68. The van der Waals surface area contributed by atoms with Crippen LogP contribution >= 0.6 is 0 Å². The van der Waals surface area contributed by atoms with E-state index in [1.54, 1.807) is 0 Å². The molecule has 1 heterocycles. The maximum atomic E-state index is 11.1. The van der Waals surface area contributed by atoms with Gasteiger partial charge in [0.2, 0.25) is 0 Å². The van der Waals surface area contributed by atoms with Crippen LogP contribution in [-0.4, -0.2) is 50.3 Å². The number of nitriles is 1. The highest BCUT2D eigenvalue weighted by Gasteiger charge is 2.26. The Labute approximate surface area is 76.8 Å². The summed E-state index contributed by atoms with van der Waals surface area (Å²) >= 11 is 0. The molecule has 72 valence electrons. The summed E-state index contributed by atoms with van der Waals surface area (Å²) in [5, 5.41) is 8.45. The van der Waals surface area contributed by atoms with Crippen LogP contribution in [-0.2, 0) is 14.3 Å². The van der Waals surface area contributed by atoms with E-state index in [1.807, 2.05) is 11.0 Å². The van der Waals surface area contributed by atoms with Crippen LogP contribution in [0.2, 0.25) is 0 Å². The summed E-state index contributed by atoms with van der Waals surface area (Å²) in [4.78, 5) is 12.9. The quantitative estimate of drug-likeness (QED) is 0.423. The molecule has 0 radical (unpaired) electrons. The molecule has 1 aliphatic heterocycles. The molecule has 0 aromatic rings. The van der Waals surface area contributed by atoms with Crippen LogP contribution in [0.5, 0.6) is 0 Å². The van der Waals surface area contributed by atoms with Crippen LogP contribution in [0.3, 0.4) is 0 Å². The van der Waals surface area contributed by atoms with Gasteiger partial charge < -0.3 is 9.47 Å². The second-order valence-electron chi connectivity index (χ2n) is 2.78. The third kappa shape index (κ3) is 2.68. The average Bonchev–Trinajstić information content (AvgIpc) is 2.18. The standard InChI is InChI=1S/C8H12N2O3/c1-12-8(11)7-6-10(3-2-9)4-5-13-7/h7H,3-6H2,1H3. The van der Waals surface area contributed by atoms with Crippen molar-refractivity contribution in [2.45, 2.75) is 6.10 Å². The van der Waals surface area contributed by atoms with E-state index in [4.69, 9.17) is 10.00 Å². The Morgan fingerprint density at radius 2 is 2.62 bits per heavy atom. The van der Waals surface area contributed by atoms with Gasteiger partial charge in [0.25, 0.3) is 0 Å². The maximum Gasteiger partial charge on any atom is 0.336 e. The fourth-order valence-electron chi connectivity index (χ4n) is 1.22. The summed E-state index contributed by atoms with van der Waals surface area (Å²) in [6.45, 7) is 1.94. The van der Waals surface area contributed by atoms with E-state index < -0.39 is 6.10 Å². The van der Waals surface area contributed by atoms with Crippen molar-refractivity contribution in [3.8, 4) is 6.07 Å². The Bertz CT molecular complexity index is 224. The van der Waals surface area contributed by atoms with Gasteiger partial charge in [-0.1, -0.05) is 0 Å². The summed E-state index contributed by atoms with van der Waals surface area (Å²) in [5.74, 6) is -0.373. The van der Waals surface area contributed by atoms with E-state index in [2.05, 4.69) is 4.74 Å². The number of morpholine rings is 1. The zero-order valence-corrected chi connectivity index (χ0v) is 7.52. The highest BCUT2D eigenvalue weighted by Crippen LogP contribution is 2.05. The summed E-state index contributed by atoms with van der Waals surface area (Å²) in [7, 11) is 1.33. The van der Waals surface area contributed by atoms with Crippen molar-refractivity contribution in [2.75, 3.05) is 33.4 Å². The van der Waals surface area contributed by atoms with Gasteiger partial charge in [-0.25, -0.2) is 4.79 Å². The van der Waals surface area contributed by atoms with Crippen LogP contribution in [0.25, 0.3) is 0 Å². The number of methoxy groups -OCH3 is 1. The molecule has 1 saturated heterocycles. The first-order valence-electron chi connectivity index (χ1n) is 4.06. The van der Waals surface area contributed by atoms with Crippen molar-refractivity contribution in [1.82, 2.24) is 4.90 Å². The second kappa shape index (κ2) is 4.80. The number of carbonyl (C=O) groups is 1. The van der Waals surface area contributed by atoms with E-state index in [9.17, 15) is 4.79 Å². The largest absolute Gasteiger partial charge is 0.467 e.